The van der Waals surface area contributed by atoms with Gasteiger partial charge >= 0.3 is 0 Å². The number of nitrogens with one attached hydrogen (secondary N) is 1. The molecule has 0 spiro atoms. The summed E-state index contributed by atoms with van der Waals surface area (Å²) >= 11 is 3.63. The average molecular weight is 516 g/mol. The molecule has 1 aromatic heterocycles. The summed E-state index contributed by atoms with van der Waals surface area (Å²) in [6.07, 6.45) is 1.94. The van der Waals surface area contributed by atoms with Gasteiger partial charge in [-0.2, -0.15) is 0 Å². The van der Waals surface area contributed by atoms with Crippen LogP contribution in [0.25, 0.3) is 0 Å². The highest BCUT2D eigenvalue weighted by Crippen LogP contribution is 2.35. The second kappa shape index (κ2) is 9.50. The fourth-order valence-electron chi connectivity index (χ4n) is 4.33. The summed E-state index contributed by atoms with van der Waals surface area (Å²) in [6.45, 7) is 9.78. The summed E-state index contributed by atoms with van der Waals surface area (Å²) in [4.78, 5) is 12.1. The lowest BCUT2D eigenvalue weighted by atomic mass is 9.82. The number of anilines is 1. The van der Waals surface area contributed by atoms with Gasteiger partial charge in [-0.3, -0.25) is 9.89 Å². The molecule has 1 saturated heterocycles. The number of nitrogens with two attached hydrogens (primary N) is 1. The van der Waals surface area contributed by atoms with Crippen LogP contribution in [0.1, 0.15) is 55.9 Å². The number of pyridine rings is 1. The Kier molecular flexibility index (Phi) is 6.86. The maximum absolute atomic E-state index is 13.8. The van der Waals surface area contributed by atoms with Gasteiger partial charge in [-0.15, -0.1) is 0 Å². The zero-order valence-electron chi connectivity index (χ0n) is 19.5. The molecule has 2 aliphatic heterocycles. The number of hydrogen-bond acceptors (Lipinski definition) is 6. The molecule has 4 rings (SSSR count). The smallest absolute Gasteiger partial charge is 0.166 e. The first-order valence-electron chi connectivity index (χ1n) is 11.3. The summed E-state index contributed by atoms with van der Waals surface area (Å²) in [7, 11) is 0. The largest absolute Gasteiger partial charge is 0.482 e. The monoisotopic (exact) mass is 515 g/mol. The summed E-state index contributed by atoms with van der Waals surface area (Å²) in [5.41, 5.74) is 10.3. The number of hydrogen-bond donors (Lipinski definition) is 2. The van der Waals surface area contributed by atoms with Crippen LogP contribution in [0.5, 0.6) is 5.75 Å². The van der Waals surface area contributed by atoms with Crippen molar-refractivity contribution in [3.63, 3.8) is 0 Å². The predicted molar refractivity (Wildman–Crippen MR) is 134 cm³/mol. The fourth-order valence-corrected chi connectivity index (χ4v) is 4.85. The molecule has 2 aromatic rings. The lowest BCUT2D eigenvalue weighted by Gasteiger charge is -2.31. The standard InChI is InChI=1S/C25H31BrFN5O/c1-13(2)20-9-19(28)24(21(31-20)11-32-12-23(32)26)16-7-22(25(29)30-10-16)33-15(4)18-8-17(27)6-5-14(18)3/h5-8,10,13,15,20,23-24,28H,9,11-12H2,1-4H3,(H2,29,30). The van der Waals surface area contributed by atoms with Crippen LogP contribution in [0.4, 0.5) is 10.2 Å². The van der Waals surface area contributed by atoms with Crippen molar-refractivity contribution in [3.05, 3.63) is 53.0 Å². The molecule has 5 atom stereocenters. The minimum absolute atomic E-state index is 0.117. The van der Waals surface area contributed by atoms with Crippen LogP contribution < -0.4 is 10.5 Å². The third kappa shape index (κ3) is 5.27. The topological polar surface area (TPSA) is 87.4 Å². The van der Waals surface area contributed by atoms with E-state index in [4.69, 9.17) is 20.9 Å². The van der Waals surface area contributed by atoms with E-state index in [0.29, 0.717) is 35.3 Å². The first-order valence-corrected chi connectivity index (χ1v) is 12.3. The molecule has 0 radical (unpaired) electrons. The molecule has 0 saturated carbocycles. The Balaban J connectivity index is 1.64. The first-order chi connectivity index (χ1) is 15.6. The Hall–Kier alpha value is -2.32. The van der Waals surface area contributed by atoms with Crippen molar-refractivity contribution in [2.24, 2.45) is 10.9 Å². The van der Waals surface area contributed by atoms with Crippen molar-refractivity contribution >= 4 is 33.2 Å². The van der Waals surface area contributed by atoms with Gasteiger partial charge in [0.25, 0.3) is 0 Å². The van der Waals surface area contributed by atoms with E-state index in [9.17, 15) is 4.39 Å². The van der Waals surface area contributed by atoms with E-state index in [-0.39, 0.29) is 23.6 Å². The second-order valence-electron chi connectivity index (χ2n) is 9.37. The first kappa shape index (κ1) is 23.8. The molecule has 5 unspecified atom stereocenters. The third-order valence-corrected chi connectivity index (χ3v) is 7.31. The highest BCUT2D eigenvalue weighted by Gasteiger charge is 2.38. The van der Waals surface area contributed by atoms with E-state index in [0.717, 1.165) is 28.9 Å². The molecule has 3 N–H and O–H groups in total. The molecule has 3 heterocycles. The predicted octanol–water partition coefficient (Wildman–Crippen LogP) is 5.26. The van der Waals surface area contributed by atoms with E-state index < -0.39 is 6.10 Å². The van der Waals surface area contributed by atoms with Gasteiger partial charge in [-0.05, 0) is 54.7 Å². The number of benzene rings is 1. The van der Waals surface area contributed by atoms with Crippen LogP contribution in [0.2, 0.25) is 0 Å². The summed E-state index contributed by atoms with van der Waals surface area (Å²) in [6, 6.07) is 6.65. The molecule has 176 valence electrons. The van der Waals surface area contributed by atoms with Gasteiger partial charge in [0.15, 0.2) is 11.6 Å². The number of nitrogen functional groups attached to an aromatic ring is 1. The van der Waals surface area contributed by atoms with Crippen LogP contribution in [0, 0.1) is 24.1 Å². The van der Waals surface area contributed by atoms with Crippen molar-refractivity contribution in [2.75, 3.05) is 18.8 Å². The van der Waals surface area contributed by atoms with Crippen LogP contribution in [-0.2, 0) is 0 Å². The molecule has 0 bridgehead atoms. The van der Waals surface area contributed by atoms with Crippen LogP contribution in [0.3, 0.4) is 0 Å². The van der Waals surface area contributed by atoms with Gasteiger partial charge < -0.3 is 15.9 Å². The molecule has 8 heteroatoms. The zero-order valence-corrected chi connectivity index (χ0v) is 21.1. The summed E-state index contributed by atoms with van der Waals surface area (Å²) < 4.78 is 20.0. The lowest BCUT2D eigenvalue weighted by Crippen LogP contribution is -2.37. The maximum Gasteiger partial charge on any atom is 0.166 e. The number of ether oxygens (including phenoxy) is 1. The minimum atomic E-state index is -0.406. The van der Waals surface area contributed by atoms with Crippen LogP contribution >= 0.6 is 15.9 Å². The van der Waals surface area contributed by atoms with Gasteiger partial charge in [-0.25, -0.2) is 9.37 Å². The van der Waals surface area contributed by atoms with E-state index in [1.54, 1.807) is 12.3 Å². The molecule has 1 fully saturated rings. The number of halogens is 2. The molecule has 0 aliphatic carbocycles. The van der Waals surface area contributed by atoms with Crippen molar-refractivity contribution < 1.29 is 9.13 Å². The van der Waals surface area contributed by atoms with Crippen molar-refractivity contribution in [1.29, 1.82) is 5.41 Å². The Morgan fingerprint density at radius 3 is 2.70 bits per heavy atom. The third-order valence-electron chi connectivity index (χ3n) is 6.44. The Morgan fingerprint density at radius 1 is 1.30 bits per heavy atom. The Bertz CT molecular complexity index is 1090. The maximum atomic E-state index is 13.8. The van der Waals surface area contributed by atoms with Crippen molar-refractivity contribution in [2.45, 2.75) is 57.1 Å². The fraction of sp³-hybridized carbons (Fsp3) is 0.480. The highest BCUT2D eigenvalue weighted by atomic mass is 79.9. The average Bonchev–Trinajstić information content (AvgIpc) is 3.45. The van der Waals surface area contributed by atoms with E-state index >= 15 is 0 Å². The lowest BCUT2D eigenvalue weighted by molar-refractivity contribution is 0.226. The number of nitrogens with zero attached hydrogens (tertiary/aromatic N) is 3. The Labute approximate surface area is 203 Å². The number of alkyl halides is 1. The summed E-state index contributed by atoms with van der Waals surface area (Å²) in [5.74, 6) is 0.525. The quantitative estimate of drug-likeness (QED) is 0.299. The van der Waals surface area contributed by atoms with Crippen molar-refractivity contribution in [3.8, 4) is 5.75 Å². The molecule has 1 aromatic carbocycles. The zero-order chi connectivity index (χ0) is 23.9. The van der Waals surface area contributed by atoms with Gasteiger partial charge in [0, 0.05) is 37.1 Å². The molecular weight excluding hydrogens is 485 g/mol. The molecule has 0 amide bonds. The van der Waals surface area contributed by atoms with Crippen LogP contribution in [0.15, 0.2) is 35.5 Å². The van der Waals surface area contributed by atoms with Crippen LogP contribution in [-0.4, -0.2) is 45.4 Å². The van der Waals surface area contributed by atoms with Gasteiger partial charge in [0.2, 0.25) is 0 Å². The van der Waals surface area contributed by atoms with Gasteiger partial charge in [0.1, 0.15) is 11.9 Å². The van der Waals surface area contributed by atoms with E-state index in [1.807, 2.05) is 19.9 Å². The number of aryl methyl sites for hydroxylation is 1. The van der Waals surface area contributed by atoms with Gasteiger partial charge in [0.05, 0.1) is 16.9 Å². The van der Waals surface area contributed by atoms with Gasteiger partial charge in [-0.1, -0.05) is 35.8 Å². The van der Waals surface area contributed by atoms with E-state index in [1.165, 1.54) is 12.1 Å². The second-order valence-corrected chi connectivity index (χ2v) is 10.4. The molecule has 33 heavy (non-hydrogen) atoms. The molecule has 6 nitrogen and oxygen atoms in total. The summed E-state index contributed by atoms with van der Waals surface area (Å²) in [5, 5.41) is 8.85. The number of rotatable bonds is 7. The van der Waals surface area contributed by atoms with Crippen molar-refractivity contribution in [1.82, 2.24) is 9.88 Å². The normalized spacial score (nSPS) is 25.7. The number of aromatic nitrogens is 1. The number of aliphatic imine (C=N–C) groups is 1. The molecular formula is C25H31BrFN5O. The van der Waals surface area contributed by atoms with E-state index in [2.05, 4.69) is 39.7 Å². The minimum Gasteiger partial charge on any atom is -0.482 e. The SMILES string of the molecule is Cc1ccc(F)cc1C(C)Oc1cc(C2C(=N)CC(C(C)C)N=C2CN2CC2Br)cnc1N. The molecule has 2 aliphatic rings. The Morgan fingerprint density at radius 2 is 2.03 bits per heavy atom. The highest BCUT2D eigenvalue weighted by molar-refractivity contribution is 9.09.